The van der Waals surface area contributed by atoms with Crippen molar-refractivity contribution in [2.75, 3.05) is 37.6 Å². The number of carbonyl (C=O) groups is 2. The first kappa shape index (κ1) is 19.4. The van der Waals surface area contributed by atoms with Crippen LogP contribution in [0.2, 0.25) is 0 Å². The molecule has 1 saturated carbocycles. The second-order valence-corrected chi connectivity index (χ2v) is 7.83. The van der Waals surface area contributed by atoms with Gasteiger partial charge < -0.3 is 15.1 Å². The number of hydrogen-bond donors (Lipinski definition) is 1. The Morgan fingerprint density at radius 2 is 1.59 bits per heavy atom. The Hall–Kier alpha value is -2.89. The molecule has 0 unspecified atom stereocenters. The zero-order chi connectivity index (χ0) is 20.3. The standard InChI is InChI=1S/C23H26FN3O2/c24-19-6-8-20(9-7-19)26-14-16-27(17-15-26)22(29)23(11-12-23)21(28)25-13-10-18-4-2-1-3-5-18/h1-9H,10-17H2,(H,25,28). The number of anilines is 1. The van der Waals surface area contributed by atoms with E-state index in [0.717, 1.165) is 12.1 Å². The first-order chi connectivity index (χ1) is 14.1. The maximum atomic E-state index is 13.1. The van der Waals surface area contributed by atoms with E-state index in [4.69, 9.17) is 0 Å². The third-order valence-electron chi connectivity index (χ3n) is 5.89. The number of benzene rings is 2. The lowest BCUT2D eigenvalue weighted by Crippen LogP contribution is -2.53. The zero-order valence-electron chi connectivity index (χ0n) is 16.4. The van der Waals surface area contributed by atoms with Gasteiger partial charge >= 0.3 is 0 Å². The average molecular weight is 395 g/mol. The van der Waals surface area contributed by atoms with Crippen LogP contribution in [0.5, 0.6) is 0 Å². The molecule has 5 nitrogen and oxygen atoms in total. The fourth-order valence-corrected chi connectivity index (χ4v) is 3.92. The lowest BCUT2D eigenvalue weighted by molar-refractivity contribution is -0.144. The van der Waals surface area contributed by atoms with Gasteiger partial charge in [-0.2, -0.15) is 0 Å². The topological polar surface area (TPSA) is 52.7 Å². The average Bonchev–Trinajstić information content (AvgIpc) is 3.57. The predicted octanol–water partition coefficient (Wildman–Crippen LogP) is 2.61. The fraction of sp³-hybridized carbons (Fsp3) is 0.391. The van der Waals surface area contributed by atoms with Crippen molar-refractivity contribution in [3.63, 3.8) is 0 Å². The number of nitrogens with one attached hydrogen (secondary N) is 1. The van der Waals surface area contributed by atoms with Crippen molar-refractivity contribution in [2.45, 2.75) is 19.3 Å². The summed E-state index contributed by atoms with van der Waals surface area (Å²) in [6, 6.07) is 16.4. The molecule has 6 heteroatoms. The molecule has 2 aliphatic rings. The number of halogens is 1. The Bertz CT molecular complexity index is 857. The van der Waals surface area contributed by atoms with Crippen molar-refractivity contribution in [2.24, 2.45) is 5.41 Å². The second kappa shape index (κ2) is 8.23. The Balaban J connectivity index is 1.28. The highest BCUT2D eigenvalue weighted by Crippen LogP contribution is 2.47. The van der Waals surface area contributed by atoms with Crippen LogP contribution in [0.4, 0.5) is 10.1 Å². The SMILES string of the molecule is O=C(NCCc1ccccc1)C1(C(=O)N2CCN(c3ccc(F)cc3)CC2)CC1. The van der Waals surface area contributed by atoms with Crippen molar-refractivity contribution in [3.05, 3.63) is 66.0 Å². The number of amides is 2. The van der Waals surface area contributed by atoms with Gasteiger partial charge in [0, 0.05) is 38.4 Å². The number of piperazine rings is 1. The van der Waals surface area contributed by atoms with E-state index < -0.39 is 5.41 Å². The quantitative estimate of drug-likeness (QED) is 0.765. The van der Waals surface area contributed by atoms with Gasteiger partial charge in [0.05, 0.1) is 0 Å². The van der Waals surface area contributed by atoms with E-state index in [-0.39, 0.29) is 17.6 Å². The zero-order valence-corrected chi connectivity index (χ0v) is 16.4. The van der Waals surface area contributed by atoms with Crippen molar-refractivity contribution in [1.82, 2.24) is 10.2 Å². The monoisotopic (exact) mass is 395 g/mol. The largest absolute Gasteiger partial charge is 0.368 e. The summed E-state index contributed by atoms with van der Waals surface area (Å²) in [6.45, 7) is 3.06. The molecule has 0 spiro atoms. The Labute approximate surface area is 170 Å². The number of hydrogen-bond acceptors (Lipinski definition) is 3. The van der Waals surface area contributed by atoms with Crippen LogP contribution in [0.15, 0.2) is 54.6 Å². The first-order valence-electron chi connectivity index (χ1n) is 10.2. The normalized spacial score (nSPS) is 17.7. The summed E-state index contributed by atoms with van der Waals surface area (Å²) in [7, 11) is 0. The lowest BCUT2D eigenvalue weighted by Gasteiger charge is -2.37. The molecule has 0 radical (unpaired) electrons. The van der Waals surface area contributed by atoms with Gasteiger partial charge in [0.2, 0.25) is 11.8 Å². The summed E-state index contributed by atoms with van der Waals surface area (Å²) in [5.74, 6) is -0.440. The molecule has 2 fully saturated rings. The van der Waals surface area contributed by atoms with Crippen molar-refractivity contribution >= 4 is 17.5 Å². The third kappa shape index (κ3) is 4.26. The molecule has 1 heterocycles. The van der Waals surface area contributed by atoms with E-state index in [1.54, 1.807) is 12.1 Å². The molecule has 4 rings (SSSR count). The Kier molecular flexibility index (Phi) is 5.51. The van der Waals surface area contributed by atoms with Gasteiger partial charge in [0.15, 0.2) is 0 Å². The van der Waals surface area contributed by atoms with E-state index in [1.807, 2.05) is 35.2 Å². The van der Waals surface area contributed by atoms with Gasteiger partial charge in [-0.05, 0) is 49.1 Å². The van der Waals surface area contributed by atoms with Crippen molar-refractivity contribution in [1.29, 1.82) is 0 Å². The summed E-state index contributed by atoms with van der Waals surface area (Å²) in [5, 5.41) is 2.96. The molecule has 1 aliphatic carbocycles. The van der Waals surface area contributed by atoms with Crippen LogP contribution < -0.4 is 10.2 Å². The third-order valence-corrected chi connectivity index (χ3v) is 5.89. The van der Waals surface area contributed by atoms with E-state index in [2.05, 4.69) is 10.2 Å². The highest BCUT2D eigenvalue weighted by atomic mass is 19.1. The molecule has 0 aromatic heterocycles. The number of nitrogens with zero attached hydrogens (tertiary/aromatic N) is 2. The molecular weight excluding hydrogens is 369 g/mol. The molecule has 2 aromatic carbocycles. The van der Waals surface area contributed by atoms with Gasteiger partial charge in [-0.25, -0.2) is 4.39 Å². The van der Waals surface area contributed by atoms with Crippen molar-refractivity contribution in [3.8, 4) is 0 Å². The minimum absolute atomic E-state index is 0.0477. The van der Waals surface area contributed by atoms with E-state index in [9.17, 15) is 14.0 Å². The fourth-order valence-electron chi connectivity index (χ4n) is 3.92. The van der Waals surface area contributed by atoms with Crippen LogP contribution in [0, 0.1) is 11.2 Å². The van der Waals surface area contributed by atoms with E-state index >= 15 is 0 Å². The van der Waals surface area contributed by atoms with Gasteiger partial charge in [0.1, 0.15) is 11.2 Å². The van der Waals surface area contributed by atoms with Gasteiger partial charge in [0.25, 0.3) is 0 Å². The summed E-state index contributed by atoms with van der Waals surface area (Å²) in [6.07, 6.45) is 2.01. The first-order valence-corrected chi connectivity index (χ1v) is 10.2. The van der Waals surface area contributed by atoms with Gasteiger partial charge in [-0.3, -0.25) is 9.59 Å². The lowest BCUT2D eigenvalue weighted by atomic mass is 10.0. The van der Waals surface area contributed by atoms with Gasteiger partial charge in [-0.1, -0.05) is 30.3 Å². The summed E-state index contributed by atoms with van der Waals surface area (Å²) >= 11 is 0. The minimum Gasteiger partial charge on any atom is -0.368 e. The highest BCUT2D eigenvalue weighted by molar-refractivity contribution is 6.07. The van der Waals surface area contributed by atoms with Crippen LogP contribution in [0.3, 0.4) is 0 Å². The molecule has 1 aliphatic heterocycles. The van der Waals surface area contributed by atoms with E-state index in [1.165, 1.54) is 17.7 Å². The summed E-state index contributed by atoms with van der Waals surface area (Å²) in [4.78, 5) is 29.7. The van der Waals surface area contributed by atoms with Crippen LogP contribution in [0.1, 0.15) is 18.4 Å². The van der Waals surface area contributed by atoms with Gasteiger partial charge in [-0.15, -0.1) is 0 Å². The molecule has 29 heavy (non-hydrogen) atoms. The molecule has 2 aromatic rings. The van der Waals surface area contributed by atoms with E-state index in [0.29, 0.717) is 45.6 Å². The summed E-state index contributed by atoms with van der Waals surface area (Å²) in [5.41, 5.74) is 1.26. The number of rotatable bonds is 6. The van der Waals surface area contributed by atoms with Crippen LogP contribution in [-0.2, 0) is 16.0 Å². The summed E-state index contributed by atoms with van der Waals surface area (Å²) < 4.78 is 13.1. The Morgan fingerprint density at radius 1 is 0.931 bits per heavy atom. The molecular formula is C23H26FN3O2. The molecule has 2 amide bonds. The molecule has 0 bridgehead atoms. The van der Waals surface area contributed by atoms with Crippen LogP contribution in [-0.4, -0.2) is 49.4 Å². The Morgan fingerprint density at radius 3 is 2.21 bits per heavy atom. The minimum atomic E-state index is -0.866. The molecule has 152 valence electrons. The molecule has 1 saturated heterocycles. The molecule has 0 atom stereocenters. The molecule has 1 N–H and O–H groups in total. The maximum absolute atomic E-state index is 13.1. The predicted molar refractivity (Wildman–Crippen MR) is 110 cm³/mol. The van der Waals surface area contributed by atoms with Crippen LogP contribution >= 0.6 is 0 Å². The number of carbonyl (C=O) groups excluding carboxylic acids is 2. The highest BCUT2D eigenvalue weighted by Gasteiger charge is 2.58. The second-order valence-electron chi connectivity index (χ2n) is 7.83. The maximum Gasteiger partial charge on any atom is 0.238 e. The van der Waals surface area contributed by atoms with Crippen molar-refractivity contribution < 1.29 is 14.0 Å². The smallest absolute Gasteiger partial charge is 0.238 e. The van der Waals surface area contributed by atoms with Crippen LogP contribution in [0.25, 0.3) is 0 Å².